The topological polar surface area (TPSA) is 46.1 Å². The van der Waals surface area contributed by atoms with Crippen LogP contribution in [0.15, 0.2) is 30.5 Å². The van der Waals surface area contributed by atoms with Gasteiger partial charge in [0.2, 0.25) is 0 Å². The van der Waals surface area contributed by atoms with Gasteiger partial charge >= 0.3 is 0 Å². The predicted molar refractivity (Wildman–Crippen MR) is 167 cm³/mol. The van der Waals surface area contributed by atoms with Crippen molar-refractivity contribution in [3.8, 4) is 5.75 Å². The molecule has 1 aromatic heterocycles. The molecule has 0 aliphatic carbocycles. The fourth-order valence-electron chi connectivity index (χ4n) is 5.88. The number of phenolic OH excluding ortho intramolecular Hbond substituents is 1. The van der Waals surface area contributed by atoms with Gasteiger partial charge in [0.15, 0.2) is 0 Å². The van der Waals surface area contributed by atoms with Gasteiger partial charge in [-0.15, -0.1) is 0 Å². The first kappa shape index (κ1) is 31.8. The second kappa shape index (κ2) is 13.3. The van der Waals surface area contributed by atoms with Gasteiger partial charge in [0, 0.05) is 47.8 Å². The highest BCUT2D eigenvalue weighted by molar-refractivity contribution is 5.87. The molecule has 1 saturated heterocycles. The molecule has 1 aromatic carbocycles. The number of benzene rings is 1. The van der Waals surface area contributed by atoms with Crippen molar-refractivity contribution in [3.05, 3.63) is 36.0 Å². The lowest BCUT2D eigenvalue weighted by molar-refractivity contribution is 0.0695. The molecule has 0 atom stereocenters. The zero-order chi connectivity index (χ0) is 28.8. The summed E-state index contributed by atoms with van der Waals surface area (Å²) in [6.45, 7) is 30.9. The Balaban J connectivity index is 1.84. The van der Waals surface area contributed by atoms with E-state index in [1.807, 2.05) is 12.1 Å². The molecule has 1 aliphatic heterocycles. The molecule has 0 unspecified atom stereocenters. The highest BCUT2D eigenvalue weighted by atomic mass is 16.3. The minimum Gasteiger partial charge on any atom is -0.506 e. The Morgan fingerprint density at radius 2 is 1.10 bits per heavy atom. The molecule has 6 heteroatoms. The number of hydrogen-bond donors (Lipinski definition) is 1. The van der Waals surface area contributed by atoms with Gasteiger partial charge in [0.05, 0.1) is 0 Å². The van der Waals surface area contributed by atoms with Gasteiger partial charge in [-0.25, -0.2) is 0 Å². The Kier molecular flexibility index (Phi) is 10.8. The predicted octanol–water partition coefficient (Wildman–Crippen LogP) is 6.23. The van der Waals surface area contributed by atoms with Crippen molar-refractivity contribution in [3.63, 3.8) is 0 Å². The Morgan fingerprint density at radius 1 is 0.641 bits per heavy atom. The van der Waals surface area contributed by atoms with Crippen molar-refractivity contribution in [2.45, 2.75) is 105 Å². The number of phenols is 1. The first-order valence-corrected chi connectivity index (χ1v) is 15.2. The van der Waals surface area contributed by atoms with Crippen LogP contribution in [0.4, 0.5) is 0 Å². The largest absolute Gasteiger partial charge is 0.506 e. The van der Waals surface area contributed by atoms with E-state index in [1.54, 1.807) is 6.20 Å². The number of hydrogen-bond acceptors (Lipinski definition) is 6. The second-order valence-electron chi connectivity index (χ2n) is 14.5. The summed E-state index contributed by atoms with van der Waals surface area (Å²) in [4.78, 5) is 15.2. The number of nitrogens with zero attached hydrogens (tertiary/aromatic N) is 5. The molecule has 3 rings (SSSR count). The molecule has 1 fully saturated rings. The molecule has 1 aliphatic rings. The lowest BCUT2D eigenvalue weighted by atomic mass is 10.0. The van der Waals surface area contributed by atoms with Crippen LogP contribution in [-0.4, -0.2) is 98.7 Å². The van der Waals surface area contributed by atoms with Gasteiger partial charge in [-0.2, -0.15) is 0 Å². The maximum Gasteiger partial charge on any atom is 0.141 e. The maximum atomic E-state index is 10.4. The van der Waals surface area contributed by atoms with Crippen LogP contribution in [0.25, 0.3) is 10.9 Å². The highest BCUT2D eigenvalue weighted by Gasteiger charge is 2.27. The summed E-state index contributed by atoms with van der Waals surface area (Å²) in [6.07, 6.45) is 5.25. The first-order valence-electron chi connectivity index (χ1n) is 15.2. The zero-order valence-corrected chi connectivity index (χ0v) is 26.6. The average Bonchev–Trinajstić information content (AvgIpc) is 2.83. The van der Waals surface area contributed by atoms with Gasteiger partial charge in [-0.05, 0) is 139 Å². The van der Waals surface area contributed by atoms with Gasteiger partial charge < -0.3 is 5.11 Å². The second-order valence-corrected chi connectivity index (χ2v) is 14.5. The molecule has 0 radical (unpaired) electrons. The molecule has 0 bridgehead atoms. The van der Waals surface area contributed by atoms with Crippen LogP contribution in [-0.2, 0) is 6.54 Å². The van der Waals surface area contributed by atoms with Crippen molar-refractivity contribution < 1.29 is 5.11 Å². The third-order valence-electron chi connectivity index (χ3n) is 8.38. The smallest absolute Gasteiger partial charge is 0.141 e. The lowest BCUT2D eigenvalue weighted by Crippen LogP contribution is -2.51. The standard InChI is InChI=1S/C33H57N5O/c1-31(2,3)36-20-11-18-35(26-27-15-16-29(39)30-28(27)14-10-17-34-30)19-12-21-37(32(4,5)6)24-25-38(23-13-22-36)33(7,8)9/h10,14-17,39H,11-13,18-26H2,1-9H3. The van der Waals surface area contributed by atoms with Crippen LogP contribution in [0.3, 0.4) is 0 Å². The van der Waals surface area contributed by atoms with E-state index in [9.17, 15) is 5.11 Å². The van der Waals surface area contributed by atoms with Crippen LogP contribution in [0.1, 0.15) is 87.1 Å². The highest BCUT2D eigenvalue weighted by Crippen LogP contribution is 2.27. The number of aromatic nitrogens is 1. The van der Waals surface area contributed by atoms with Crippen molar-refractivity contribution in [2.75, 3.05) is 52.4 Å². The van der Waals surface area contributed by atoms with E-state index in [2.05, 4.69) is 99.0 Å². The van der Waals surface area contributed by atoms with Gasteiger partial charge in [-0.3, -0.25) is 24.6 Å². The number of fused-ring (bicyclic) bond motifs is 1. The average molecular weight is 540 g/mol. The lowest BCUT2D eigenvalue weighted by Gasteiger charge is -2.41. The van der Waals surface area contributed by atoms with Crippen molar-refractivity contribution in [2.24, 2.45) is 0 Å². The van der Waals surface area contributed by atoms with E-state index < -0.39 is 0 Å². The maximum absolute atomic E-state index is 10.4. The summed E-state index contributed by atoms with van der Waals surface area (Å²) >= 11 is 0. The van der Waals surface area contributed by atoms with Crippen molar-refractivity contribution in [1.29, 1.82) is 0 Å². The van der Waals surface area contributed by atoms with Gasteiger partial charge in [0.25, 0.3) is 0 Å². The van der Waals surface area contributed by atoms with E-state index in [-0.39, 0.29) is 22.4 Å². The molecule has 39 heavy (non-hydrogen) atoms. The van der Waals surface area contributed by atoms with E-state index in [0.29, 0.717) is 5.52 Å². The summed E-state index contributed by atoms with van der Waals surface area (Å²) in [5, 5.41) is 11.4. The summed E-state index contributed by atoms with van der Waals surface area (Å²) in [5.74, 6) is 0.261. The Bertz CT molecular complexity index is 1030. The van der Waals surface area contributed by atoms with Crippen LogP contribution < -0.4 is 0 Å². The van der Waals surface area contributed by atoms with Crippen LogP contribution in [0.5, 0.6) is 5.75 Å². The van der Waals surface area contributed by atoms with E-state index in [4.69, 9.17) is 0 Å². The molecule has 220 valence electrons. The molecule has 0 amide bonds. The minimum absolute atomic E-state index is 0.143. The quantitative estimate of drug-likeness (QED) is 0.488. The number of pyridine rings is 1. The van der Waals surface area contributed by atoms with E-state index in [1.165, 1.54) is 12.0 Å². The van der Waals surface area contributed by atoms with E-state index >= 15 is 0 Å². The number of aromatic hydroxyl groups is 1. The zero-order valence-electron chi connectivity index (χ0n) is 26.6. The molecular formula is C33H57N5O. The van der Waals surface area contributed by atoms with Gasteiger partial charge in [-0.1, -0.05) is 12.1 Å². The Morgan fingerprint density at radius 3 is 1.59 bits per heavy atom. The Hall–Kier alpha value is -1.73. The Labute approximate surface area is 239 Å². The van der Waals surface area contributed by atoms with Crippen molar-refractivity contribution in [1.82, 2.24) is 24.6 Å². The van der Waals surface area contributed by atoms with Crippen LogP contribution in [0, 0.1) is 0 Å². The fraction of sp³-hybridized carbons (Fsp3) is 0.727. The molecule has 6 nitrogen and oxygen atoms in total. The SMILES string of the molecule is CC(C)(C)N1CCCN(Cc2ccc(O)c3ncccc23)CCCN(C(C)(C)C)CCN(C(C)(C)C)CCC1. The van der Waals surface area contributed by atoms with Crippen molar-refractivity contribution >= 4 is 10.9 Å². The van der Waals surface area contributed by atoms with Crippen LogP contribution >= 0.6 is 0 Å². The third-order valence-corrected chi connectivity index (χ3v) is 8.38. The van der Waals surface area contributed by atoms with E-state index in [0.717, 1.165) is 77.1 Å². The molecule has 0 spiro atoms. The fourth-order valence-corrected chi connectivity index (χ4v) is 5.88. The minimum atomic E-state index is 0.143. The summed E-state index contributed by atoms with van der Waals surface area (Å²) in [5.41, 5.74) is 2.42. The third kappa shape index (κ3) is 9.41. The molecule has 2 heterocycles. The molecule has 0 saturated carbocycles. The summed E-state index contributed by atoms with van der Waals surface area (Å²) < 4.78 is 0. The van der Waals surface area contributed by atoms with Crippen LogP contribution in [0.2, 0.25) is 0 Å². The molecule has 2 aromatic rings. The summed E-state index contributed by atoms with van der Waals surface area (Å²) in [6, 6.07) is 7.95. The number of rotatable bonds is 2. The summed E-state index contributed by atoms with van der Waals surface area (Å²) in [7, 11) is 0. The first-order chi connectivity index (χ1) is 18.2. The molecular weight excluding hydrogens is 482 g/mol. The monoisotopic (exact) mass is 539 g/mol. The van der Waals surface area contributed by atoms with Gasteiger partial charge in [0.1, 0.15) is 11.3 Å². The molecule has 1 N–H and O–H groups in total. The normalized spacial score (nSPS) is 20.1.